The van der Waals surface area contributed by atoms with E-state index in [-0.39, 0.29) is 12.2 Å². The van der Waals surface area contributed by atoms with Gasteiger partial charge in [-0.3, -0.25) is 4.68 Å². The summed E-state index contributed by atoms with van der Waals surface area (Å²) in [5.74, 6) is -0.608. The number of carbonyl (C=O) groups excluding carboxylic acids is 1. The maximum absolute atomic E-state index is 12.5. The van der Waals surface area contributed by atoms with E-state index in [9.17, 15) is 18.0 Å². The molecule has 0 aliphatic rings. The zero-order chi connectivity index (χ0) is 13.2. The van der Waals surface area contributed by atoms with E-state index >= 15 is 0 Å². The second-order valence-corrected chi connectivity index (χ2v) is 3.57. The molecule has 0 aliphatic carbocycles. The quantitative estimate of drug-likeness (QED) is 0.773. The van der Waals surface area contributed by atoms with Crippen molar-refractivity contribution in [3.63, 3.8) is 0 Å². The molecule has 4 nitrogen and oxygen atoms in total. The van der Waals surface area contributed by atoms with Crippen molar-refractivity contribution in [2.75, 3.05) is 6.61 Å². The Kier molecular flexibility index (Phi) is 3.79. The second kappa shape index (κ2) is 4.77. The number of hydrogen-bond acceptors (Lipinski definition) is 3. The fourth-order valence-electron chi connectivity index (χ4n) is 1.33. The minimum absolute atomic E-state index is 0.0198. The van der Waals surface area contributed by atoms with Crippen LogP contribution in [0, 0.1) is 6.92 Å². The molecule has 0 saturated carbocycles. The molecule has 1 heterocycles. The molecule has 96 valence electrons. The molecule has 17 heavy (non-hydrogen) atoms. The van der Waals surface area contributed by atoms with Crippen molar-refractivity contribution in [3.8, 4) is 0 Å². The van der Waals surface area contributed by atoms with Gasteiger partial charge in [0.1, 0.15) is 6.04 Å². The number of esters is 1. The van der Waals surface area contributed by atoms with Gasteiger partial charge in [0.2, 0.25) is 0 Å². The number of carbonyl (C=O) groups is 1. The molecule has 0 aromatic carbocycles. The van der Waals surface area contributed by atoms with E-state index in [2.05, 4.69) is 5.10 Å². The normalized spacial score (nSPS) is 13.5. The van der Waals surface area contributed by atoms with Gasteiger partial charge in [0.25, 0.3) is 0 Å². The van der Waals surface area contributed by atoms with Crippen molar-refractivity contribution in [2.24, 2.45) is 0 Å². The van der Waals surface area contributed by atoms with E-state index in [1.807, 2.05) is 0 Å². The maximum Gasteiger partial charge on any atom is 0.435 e. The van der Waals surface area contributed by atoms with Crippen LogP contribution in [0.15, 0.2) is 6.20 Å². The average molecular weight is 250 g/mol. The van der Waals surface area contributed by atoms with Crippen LogP contribution in [0.1, 0.15) is 31.1 Å². The van der Waals surface area contributed by atoms with Crippen molar-refractivity contribution in [1.29, 1.82) is 0 Å². The molecule has 0 radical (unpaired) electrons. The number of halogens is 3. The molecule has 0 aliphatic heterocycles. The average Bonchev–Trinajstić information content (AvgIpc) is 2.59. The summed E-state index contributed by atoms with van der Waals surface area (Å²) >= 11 is 0. The summed E-state index contributed by atoms with van der Waals surface area (Å²) in [6.07, 6.45) is -3.33. The number of aromatic nitrogens is 2. The van der Waals surface area contributed by atoms with Crippen molar-refractivity contribution in [3.05, 3.63) is 17.5 Å². The standard InChI is InChI=1S/C10H13F3N2O2/c1-4-17-9(16)7(3)15-5-6(2)8(14-15)10(11,12)13/h5,7H,4H2,1-3H3. The number of hydrogen-bond donors (Lipinski definition) is 0. The van der Waals surface area contributed by atoms with Crippen LogP contribution < -0.4 is 0 Å². The predicted molar refractivity (Wildman–Crippen MR) is 53.3 cm³/mol. The van der Waals surface area contributed by atoms with Gasteiger partial charge in [-0.25, -0.2) is 4.79 Å². The Balaban J connectivity index is 2.98. The Morgan fingerprint density at radius 2 is 2.18 bits per heavy atom. The van der Waals surface area contributed by atoms with E-state index < -0.39 is 23.9 Å². The van der Waals surface area contributed by atoms with Crippen LogP contribution in [0.5, 0.6) is 0 Å². The van der Waals surface area contributed by atoms with Crippen LogP contribution in [0.3, 0.4) is 0 Å². The minimum Gasteiger partial charge on any atom is -0.464 e. The lowest BCUT2D eigenvalue weighted by Crippen LogP contribution is -2.20. The molecule has 0 bridgehead atoms. The number of aryl methyl sites for hydroxylation is 1. The predicted octanol–water partition coefficient (Wildman–Crippen LogP) is 2.33. The third kappa shape index (κ3) is 2.98. The summed E-state index contributed by atoms with van der Waals surface area (Å²) < 4.78 is 43.1. The monoisotopic (exact) mass is 250 g/mol. The van der Waals surface area contributed by atoms with Gasteiger partial charge in [0.05, 0.1) is 6.61 Å². The van der Waals surface area contributed by atoms with Crippen LogP contribution in [0.25, 0.3) is 0 Å². The molecule has 7 heteroatoms. The Bertz CT molecular complexity index is 412. The zero-order valence-electron chi connectivity index (χ0n) is 9.71. The highest BCUT2D eigenvalue weighted by atomic mass is 19.4. The third-order valence-electron chi connectivity index (χ3n) is 2.21. The molecule has 0 N–H and O–H groups in total. The molecule has 0 saturated heterocycles. The molecule has 1 rings (SSSR count). The van der Waals surface area contributed by atoms with E-state index in [1.165, 1.54) is 20.0 Å². The fraction of sp³-hybridized carbons (Fsp3) is 0.600. The summed E-state index contributed by atoms with van der Waals surface area (Å²) in [7, 11) is 0. The molecule has 1 aromatic heterocycles. The fourth-order valence-corrected chi connectivity index (χ4v) is 1.33. The van der Waals surface area contributed by atoms with Gasteiger partial charge in [0, 0.05) is 6.20 Å². The highest BCUT2D eigenvalue weighted by Gasteiger charge is 2.36. The van der Waals surface area contributed by atoms with Crippen molar-refractivity contribution in [2.45, 2.75) is 33.0 Å². The summed E-state index contributed by atoms with van der Waals surface area (Å²) in [6.45, 7) is 4.53. The number of rotatable bonds is 3. The lowest BCUT2D eigenvalue weighted by Gasteiger charge is -2.10. The third-order valence-corrected chi connectivity index (χ3v) is 2.21. The van der Waals surface area contributed by atoms with Gasteiger partial charge in [0.15, 0.2) is 5.69 Å². The number of ether oxygens (including phenoxy) is 1. The van der Waals surface area contributed by atoms with Gasteiger partial charge in [-0.05, 0) is 26.3 Å². The Labute approximate surface area is 96.4 Å². The minimum atomic E-state index is -4.51. The van der Waals surface area contributed by atoms with E-state index in [4.69, 9.17) is 4.74 Å². The van der Waals surface area contributed by atoms with E-state index in [1.54, 1.807) is 6.92 Å². The summed E-state index contributed by atoms with van der Waals surface area (Å²) in [6, 6.07) is -0.871. The first-order valence-electron chi connectivity index (χ1n) is 5.07. The van der Waals surface area contributed by atoms with Crippen LogP contribution in [-0.4, -0.2) is 22.4 Å². The lowest BCUT2D eigenvalue weighted by atomic mass is 10.3. The zero-order valence-corrected chi connectivity index (χ0v) is 9.71. The Hall–Kier alpha value is -1.53. The number of alkyl halides is 3. The molecule has 0 amide bonds. The summed E-state index contributed by atoms with van der Waals surface area (Å²) in [5.41, 5.74) is -0.998. The molecule has 0 fully saturated rings. The van der Waals surface area contributed by atoms with E-state index in [0.717, 1.165) is 4.68 Å². The van der Waals surface area contributed by atoms with Crippen LogP contribution in [0.4, 0.5) is 13.2 Å². The first-order valence-corrected chi connectivity index (χ1v) is 5.07. The topological polar surface area (TPSA) is 44.1 Å². The van der Waals surface area contributed by atoms with Gasteiger partial charge in [-0.2, -0.15) is 18.3 Å². The van der Waals surface area contributed by atoms with Gasteiger partial charge in [-0.1, -0.05) is 0 Å². The van der Waals surface area contributed by atoms with Gasteiger partial charge < -0.3 is 4.74 Å². The summed E-state index contributed by atoms with van der Waals surface area (Å²) in [5, 5.41) is 3.38. The van der Waals surface area contributed by atoms with E-state index in [0.29, 0.717) is 0 Å². The molecule has 1 aromatic rings. The first kappa shape index (κ1) is 13.5. The van der Waals surface area contributed by atoms with Crippen LogP contribution >= 0.6 is 0 Å². The molecular weight excluding hydrogens is 237 g/mol. The highest BCUT2D eigenvalue weighted by Crippen LogP contribution is 2.30. The Morgan fingerprint density at radius 1 is 1.59 bits per heavy atom. The molecule has 1 atom stereocenters. The largest absolute Gasteiger partial charge is 0.464 e. The van der Waals surface area contributed by atoms with Crippen molar-refractivity contribution < 1.29 is 22.7 Å². The van der Waals surface area contributed by atoms with Crippen LogP contribution in [-0.2, 0) is 15.7 Å². The lowest BCUT2D eigenvalue weighted by molar-refractivity contribution is -0.148. The highest BCUT2D eigenvalue weighted by molar-refractivity contribution is 5.73. The first-order chi connectivity index (χ1) is 7.77. The smallest absolute Gasteiger partial charge is 0.435 e. The second-order valence-electron chi connectivity index (χ2n) is 3.57. The van der Waals surface area contributed by atoms with Gasteiger partial charge in [-0.15, -0.1) is 0 Å². The molecule has 1 unspecified atom stereocenters. The van der Waals surface area contributed by atoms with Crippen molar-refractivity contribution >= 4 is 5.97 Å². The van der Waals surface area contributed by atoms with Crippen molar-refractivity contribution in [1.82, 2.24) is 9.78 Å². The molecular formula is C10H13F3N2O2. The molecule has 0 spiro atoms. The van der Waals surface area contributed by atoms with Crippen LogP contribution in [0.2, 0.25) is 0 Å². The number of nitrogens with zero attached hydrogens (tertiary/aromatic N) is 2. The SMILES string of the molecule is CCOC(=O)C(C)n1cc(C)c(C(F)(F)F)n1. The maximum atomic E-state index is 12.5. The summed E-state index contributed by atoms with van der Waals surface area (Å²) in [4.78, 5) is 11.3. The Morgan fingerprint density at radius 3 is 2.59 bits per heavy atom. The van der Waals surface area contributed by atoms with Gasteiger partial charge >= 0.3 is 12.1 Å².